The Bertz CT molecular complexity index is 658. The third-order valence-corrected chi connectivity index (χ3v) is 5.35. The maximum atomic E-state index is 13.0. The van der Waals surface area contributed by atoms with Crippen LogP contribution >= 0.6 is 0 Å². The summed E-state index contributed by atoms with van der Waals surface area (Å²) < 4.78 is 25.9. The Morgan fingerprint density at radius 2 is 1.80 bits per heavy atom. The lowest BCUT2D eigenvalue weighted by atomic mass is 10.2. The van der Waals surface area contributed by atoms with Gasteiger partial charge in [-0.25, -0.2) is 18.7 Å². The van der Waals surface area contributed by atoms with Gasteiger partial charge in [-0.05, 0) is 26.2 Å². The first-order valence-corrected chi connectivity index (χ1v) is 8.96. The molecule has 2 aliphatic heterocycles. The standard InChI is InChI=1S/C17H23F2N5O/c1-11-20-13(16(18)19)10-15(21-11)23-8-6-22(7-9-23)14-4-5-24(17(14)25)12-2-3-12/h10,12,14,16H,2-9H2,1H3. The zero-order chi connectivity index (χ0) is 17.6. The molecule has 1 amide bonds. The minimum Gasteiger partial charge on any atom is -0.354 e. The van der Waals surface area contributed by atoms with E-state index in [1.54, 1.807) is 6.92 Å². The summed E-state index contributed by atoms with van der Waals surface area (Å²) in [5.74, 6) is 1.19. The number of hydrogen-bond acceptors (Lipinski definition) is 5. The van der Waals surface area contributed by atoms with Crippen LogP contribution in [0.1, 0.15) is 37.2 Å². The van der Waals surface area contributed by atoms with Crippen LogP contribution in [-0.4, -0.2) is 70.5 Å². The van der Waals surface area contributed by atoms with Crippen LogP contribution in [-0.2, 0) is 4.79 Å². The lowest BCUT2D eigenvalue weighted by Crippen LogP contribution is -2.53. The number of halogens is 2. The van der Waals surface area contributed by atoms with Crippen molar-refractivity contribution in [2.75, 3.05) is 37.6 Å². The second kappa shape index (κ2) is 6.48. The van der Waals surface area contributed by atoms with Gasteiger partial charge in [0.05, 0.1) is 6.04 Å². The zero-order valence-corrected chi connectivity index (χ0v) is 14.4. The molecule has 0 radical (unpaired) electrons. The average Bonchev–Trinajstić information content (AvgIpc) is 3.37. The highest BCUT2D eigenvalue weighted by atomic mass is 19.3. The SMILES string of the molecule is Cc1nc(C(F)F)cc(N2CCN(C3CCN(C4CC4)C3=O)CC2)n1. The molecular formula is C17H23F2N5O. The maximum absolute atomic E-state index is 13.0. The smallest absolute Gasteiger partial charge is 0.280 e. The van der Waals surface area contributed by atoms with Gasteiger partial charge in [-0.3, -0.25) is 9.69 Å². The molecule has 3 aliphatic rings. The van der Waals surface area contributed by atoms with Crippen LogP contribution in [0.4, 0.5) is 14.6 Å². The lowest BCUT2D eigenvalue weighted by Gasteiger charge is -2.38. The number of anilines is 1. The molecular weight excluding hydrogens is 328 g/mol. The molecule has 1 atom stereocenters. The third kappa shape index (κ3) is 3.31. The van der Waals surface area contributed by atoms with E-state index in [2.05, 4.69) is 14.9 Å². The van der Waals surface area contributed by atoms with Gasteiger partial charge in [0, 0.05) is 44.8 Å². The lowest BCUT2D eigenvalue weighted by molar-refractivity contribution is -0.132. The molecule has 1 aliphatic carbocycles. The molecule has 0 aromatic carbocycles. The van der Waals surface area contributed by atoms with Gasteiger partial charge in [0.15, 0.2) is 0 Å². The van der Waals surface area contributed by atoms with Crippen LogP contribution in [0.2, 0.25) is 0 Å². The number of hydrogen-bond donors (Lipinski definition) is 0. The highest BCUT2D eigenvalue weighted by Gasteiger charge is 2.43. The van der Waals surface area contributed by atoms with Gasteiger partial charge < -0.3 is 9.80 Å². The average molecular weight is 351 g/mol. The molecule has 6 nitrogen and oxygen atoms in total. The minimum atomic E-state index is -2.59. The minimum absolute atomic E-state index is 0.00786. The molecule has 8 heteroatoms. The number of nitrogens with zero attached hydrogens (tertiary/aromatic N) is 5. The van der Waals surface area contributed by atoms with Crippen molar-refractivity contribution >= 4 is 11.7 Å². The van der Waals surface area contributed by atoms with Crippen molar-refractivity contribution in [2.45, 2.75) is 44.7 Å². The molecule has 0 N–H and O–H groups in total. The summed E-state index contributed by atoms with van der Waals surface area (Å²) in [6.07, 6.45) is 0.598. The number of rotatable bonds is 4. The predicted molar refractivity (Wildman–Crippen MR) is 88.7 cm³/mol. The largest absolute Gasteiger partial charge is 0.354 e. The van der Waals surface area contributed by atoms with E-state index < -0.39 is 6.43 Å². The van der Waals surface area contributed by atoms with Crippen LogP contribution in [0.3, 0.4) is 0 Å². The molecule has 1 unspecified atom stereocenters. The topological polar surface area (TPSA) is 52.6 Å². The number of likely N-dealkylation sites (tertiary alicyclic amines) is 1. The fourth-order valence-corrected chi connectivity index (χ4v) is 3.88. The van der Waals surface area contributed by atoms with E-state index in [1.165, 1.54) is 6.07 Å². The van der Waals surface area contributed by atoms with Crippen LogP contribution in [0.25, 0.3) is 0 Å². The summed E-state index contributed by atoms with van der Waals surface area (Å²) in [5.41, 5.74) is -0.226. The first-order chi connectivity index (χ1) is 12.0. The van der Waals surface area contributed by atoms with Gasteiger partial charge >= 0.3 is 0 Å². The van der Waals surface area contributed by atoms with Crippen molar-refractivity contribution < 1.29 is 13.6 Å². The normalized spacial score (nSPS) is 25.3. The fourth-order valence-electron chi connectivity index (χ4n) is 3.88. The van der Waals surface area contributed by atoms with Crippen molar-refractivity contribution in [3.8, 4) is 0 Å². The molecule has 0 spiro atoms. The highest BCUT2D eigenvalue weighted by molar-refractivity contribution is 5.84. The Hall–Kier alpha value is -1.83. The Balaban J connectivity index is 1.39. The number of carbonyl (C=O) groups is 1. The van der Waals surface area contributed by atoms with Crippen LogP contribution in [0.5, 0.6) is 0 Å². The number of aromatic nitrogens is 2. The number of alkyl halides is 2. The number of piperazine rings is 1. The van der Waals surface area contributed by atoms with E-state index in [0.717, 1.165) is 38.9 Å². The van der Waals surface area contributed by atoms with Crippen LogP contribution in [0, 0.1) is 6.92 Å². The van der Waals surface area contributed by atoms with Crippen LogP contribution in [0.15, 0.2) is 6.07 Å². The van der Waals surface area contributed by atoms with Gasteiger partial charge in [-0.1, -0.05) is 0 Å². The fraction of sp³-hybridized carbons (Fsp3) is 0.706. The molecule has 4 rings (SSSR count). The molecule has 1 saturated carbocycles. The number of aryl methyl sites for hydroxylation is 1. The van der Waals surface area contributed by atoms with E-state index in [4.69, 9.17) is 0 Å². The summed E-state index contributed by atoms with van der Waals surface area (Å²) in [6.45, 7) is 5.38. The van der Waals surface area contributed by atoms with E-state index >= 15 is 0 Å². The van der Waals surface area contributed by atoms with Gasteiger partial charge in [0.2, 0.25) is 5.91 Å². The van der Waals surface area contributed by atoms with E-state index in [9.17, 15) is 13.6 Å². The Morgan fingerprint density at radius 1 is 1.08 bits per heavy atom. The highest BCUT2D eigenvalue weighted by Crippen LogP contribution is 2.32. The molecule has 1 aromatic rings. The van der Waals surface area contributed by atoms with Gasteiger partial charge in [-0.2, -0.15) is 0 Å². The summed E-state index contributed by atoms with van der Waals surface area (Å²) in [5, 5.41) is 0. The van der Waals surface area contributed by atoms with E-state index in [1.807, 2.05) is 9.80 Å². The van der Waals surface area contributed by atoms with Crippen molar-refractivity contribution in [3.63, 3.8) is 0 Å². The Kier molecular flexibility index (Phi) is 4.31. The van der Waals surface area contributed by atoms with Crippen molar-refractivity contribution in [2.24, 2.45) is 0 Å². The predicted octanol–water partition coefficient (Wildman–Crippen LogP) is 1.61. The van der Waals surface area contributed by atoms with Crippen molar-refractivity contribution in [1.29, 1.82) is 0 Å². The Morgan fingerprint density at radius 3 is 2.44 bits per heavy atom. The van der Waals surface area contributed by atoms with Crippen molar-refractivity contribution in [1.82, 2.24) is 19.8 Å². The second-order valence-corrected chi connectivity index (χ2v) is 7.09. The summed E-state index contributed by atoms with van der Waals surface area (Å²) >= 11 is 0. The summed E-state index contributed by atoms with van der Waals surface area (Å²) in [7, 11) is 0. The molecule has 3 fully saturated rings. The van der Waals surface area contributed by atoms with Gasteiger partial charge in [-0.15, -0.1) is 0 Å². The van der Waals surface area contributed by atoms with E-state index in [0.29, 0.717) is 30.8 Å². The first-order valence-electron chi connectivity index (χ1n) is 8.96. The Labute approximate surface area is 145 Å². The first kappa shape index (κ1) is 16.6. The van der Waals surface area contributed by atoms with Gasteiger partial charge in [0.1, 0.15) is 17.3 Å². The number of carbonyl (C=O) groups excluding carboxylic acids is 1. The monoisotopic (exact) mass is 351 g/mol. The van der Waals surface area contributed by atoms with E-state index in [-0.39, 0.29) is 17.6 Å². The van der Waals surface area contributed by atoms with Gasteiger partial charge in [0.25, 0.3) is 6.43 Å². The molecule has 0 bridgehead atoms. The summed E-state index contributed by atoms with van der Waals surface area (Å²) in [6, 6.07) is 1.85. The molecule has 3 heterocycles. The quantitative estimate of drug-likeness (QED) is 0.825. The molecule has 2 saturated heterocycles. The molecule has 136 valence electrons. The zero-order valence-electron chi connectivity index (χ0n) is 14.4. The third-order valence-electron chi connectivity index (χ3n) is 5.35. The number of amides is 1. The van der Waals surface area contributed by atoms with Crippen LogP contribution < -0.4 is 4.90 Å². The second-order valence-electron chi connectivity index (χ2n) is 7.09. The summed E-state index contributed by atoms with van der Waals surface area (Å²) in [4.78, 5) is 27.0. The van der Waals surface area contributed by atoms with Crippen molar-refractivity contribution in [3.05, 3.63) is 17.6 Å². The molecule has 1 aromatic heterocycles. The maximum Gasteiger partial charge on any atom is 0.280 e. The molecule has 25 heavy (non-hydrogen) atoms.